The maximum Gasteiger partial charge on any atom is 0.343 e. The fourth-order valence-electron chi connectivity index (χ4n) is 2.23. The number of rotatable bonds is 2. The van der Waals surface area contributed by atoms with Gasteiger partial charge in [-0.15, -0.1) is 0 Å². The summed E-state index contributed by atoms with van der Waals surface area (Å²) in [4.78, 5) is 27.8. The van der Waals surface area contributed by atoms with Crippen molar-refractivity contribution in [3.63, 3.8) is 0 Å². The third-order valence-electron chi connectivity index (χ3n) is 3.13. The van der Waals surface area contributed by atoms with Crippen LogP contribution >= 0.6 is 11.6 Å². The highest BCUT2D eigenvalue weighted by molar-refractivity contribution is 6.30. The quantitative estimate of drug-likeness (QED) is 0.787. The molecule has 0 amide bonds. The Bertz CT molecular complexity index is 927. The number of carbonyl (C=O) groups is 1. The zero-order valence-corrected chi connectivity index (χ0v) is 11.7. The van der Waals surface area contributed by atoms with Crippen LogP contribution in [-0.2, 0) is 0 Å². The molecule has 0 spiro atoms. The molecule has 0 unspecified atom stereocenters. The predicted octanol–water partition coefficient (Wildman–Crippen LogP) is 2.15. The zero-order valence-electron chi connectivity index (χ0n) is 10.9. The summed E-state index contributed by atoms with van der Waals surface area (Å²) >= 11 is 5.95. The number of aromatic nitrogens is 3. The summed E-state index contributed by atoms with van der Waals surface area (Å²) in [7, 11) is 0. The van der Waals surface area contributed by atoms with Crippen LogP contribution in [0.25, 0.3) is 11.3 Å². The molecule has 6 nitrogen and oxygen atoms in total. The molecule has 21 heavy (non-hydrogen) atoms. The maximum atomic E-state index is 12.4. The zero-order chi connectivity index (χ0) is 15.1. The van der Waals surface area contributed by atoms with Crippen LogP contribution in [0.3, 0.4) is 0 Å². The average molecular weight is 304 g/mol. The third-order valence-corrected chi connectivity index (χ3v) is 3.37. The summed E-state index contributed by atoms with van der Waals surface area (Å²) in [5.41, 5.74) is 0.241. The van der Waals surface area contributed by atoms with E-state index in [0.717, 1.165) is 0 Å². The summed E-state index contributed by atoms with van der Waals surface area (Å²) in [5.74, 6) is -1.29. The van der Waals surface area contributed by atoms with Gasteiger partial charge in [-0.25, -0.2) is 9.78 Å². The second-order valence-corrected chi connectivity index (χ2v) is 4.93. The predicted molar refractivity (Wildman–Crippen MR) is 77.5 cm³/mol. The van der Waals surface area contributed by atoms with E-state index in [1.54, 1.807) is 36.5 Å². The van der Waals surface area contributed by atoms with Crippen LogP contribution in [-0.4, -0.2) is 25.3 Å². The van der Waals surface area contributed by atoms with Crippen LogP contribution in [0.1, 0.15) is 16.1 Å². The fraction of sp³-hybridized carbons (Fsp3) is 0.0714. The van der Waals surface area contributed by atoms with Crippen molar-refractivity contribution in [3.8, 4) is 5.69 Å². The molecule has 0 saturated carbocycles. The van der Waals surface area contributed by atoms with Crippen molar-refractivity contribution >= 4 is 23.2 Å². The lowest BCUT2D eigenvalue weighted by Crippen LogP contribution is -2.28. The van der Waals surface area contributed by atoms with Crippen molar-refractivity contribution < 1.29 is 9.90 Å². The number of carboxylic acid groups (broad SMARTS) is 1. The molecule has 2 heterocycles. The second-order valence-electron chi connectivity index (χ2n) is 4.49. The first-order valence-electron chi connectivity index (χ1n) is 6.09. The van der Waals surface area contributed by atoms with Crippen molar-refractivity contribution in [1.29, 1.82) is 0 Å². The van der Waals surface area contributed by atoms with Crippen LogP contribution in [0.2, 0.25) is 5.02 Å². The molecule has 3 aromatic rings. The molecule has 3 rings (SSSR count). The molecule has 0 aliphatic heterocycles. The Morgan fingerprint density at radius 1 is 1.33 bits per heavy atom. The monoisotopic (exact) mass is 303 g/mol. The van der Waals surface area contributed by atoms with Crippen molar-refractivity contribution in [2.75, 3.05) is 0 Å². The number of benzene rings is 1. The van der Waals surface area contributed by atoms with Crippen molar-refractivity contribution in [1.82, 2.24) is 14.2 Å². The van der Waals surface area contributed by atoms with Gasteiger partial charge in [0.15, 0.2) is 5.65 Å². The van der Waals surface area contributed by atoms with Gasteiger partial charge in [0, 0.05) is 17.3 Å². The van der Waals surface area contributed by atoms with E-state index < -0.39 is 11.5 Å². The SMILES string of the molecule is Cc1nc2ccn(-c3cccc(Cl)c3)n2c(=O)c1C(=O)O. The molecule has 0 radical (unpaired) electrons. The van der Waals surface area contributed by atoms with Gasteiger partial charge in [0.25, 0.3) is 5.56 Å². The number of aromatic carboxylic acids is 1. The van der Waals surface area contributed by atoms with Crippen LogP contribution in [0.5, 0.6) is 0 Å². The summed E-state index contributed by atoms with van der Waals surface area (Å²) in [6.45, 7) is 1.50. The normalized spacial score (nSPS) is 11.0. The summed E-state index contributed by atoms with van der Waals surface area (Å²) in [6, 6.07) is 8.53. The summed E-state index contributed by atoms with van der Waals surface area (Å²) in [5, 5.41) is 9.68. The van der Waals surface area contributed by atoms with Gasteiger partial charge in [0.2, 0.25) is 0 Å². The number of hydrogen-bond acceptors (Lipinski definition) is 3. The summed E-state index contributed by atoms with van der Waals surface area (Å²) in [6.07, 6.45) is 1.64. The third kappa shape index (κ3) is 2.09. The van der Waals surface area contributed by atoms with E-state index in [-0.39, 0.29) is 11.3 Å². The minimum atomic E-state index is -1.29. The molecule has 0 atom stereocenters. The van der Waals surface area contributed by atoms with Gasteiger partial charge in [0.05, 0.1) is 11.4 Å². The Hall–Kier alpha value is -2.60. The van der Waals surface area contributed by atoms with Crippen LogP contribution in [0.15, 0.2) is 41.3 Å². The molecular weight excluding hydrogens is 294 g/mol. The Balaban J connectivity index is 2.39. The summed E-state index contributed by atoms with van der Waals surface area (Å²) < 4.78 is 2.73. The molecule has 0 fully saturated rings. The largest absolute Gasteiger partial charge is 0.477 e. The Morgan fingerprint density at radius 2 is 2.10 bits per heavy atom. The molecule has 2 aromatic heterocycles. The highest BCUT2D eigenvalue weighted by Gasteiger charge is 2.18. The smallest absolute Gasteiger partial charge is 0.343 e. The van der Waals surface area contributed by atoms with E-state index in [0.29, 0.717) is 16.4 Å². The fourth-order valence-corrected chi connectivity index (χ4v) is 2.41. The van der Waals surface area contributed by atoms with Gasteiger partial charge in [-0.1, -0.05) is 17.7 Å². The standard InChI is InChI=1S/C14H10ClN3O3/c1-8-12(14(20)21)13(19)18-11(16-8)5-6-17(18)10-4-2-3-9(15)7-10/h2-7H,1H3,(H,20,21). The van der Waals surface area contributed by atoms with Gasteiger partial charge in [-0.3, -0.25) is 9.48 Å². The van der Waals surface area contributed by atoms with E-state index in [2.05, 4.69) is 4.98 Å². The molecule has 0 bridgehead atoms. The number of hydrogen-bond donors (Lipinski definition) is 1. The lowest BCUT2D eigenvalue weighted by molar-refractivity contribution is 0.0693. The molecule has 1 aromatic carbocycles. The average Bonchev–Trinajstić information content (AvgIpc) is 2.82. The van der Waals surface area contributed by atoms with Gasteiger partial charge >= 0.3 is 5.97 Å². The maximum absolute atomic E-state index is 12.4. The van der Waals surface area contributed by atoms with E-state index in [4.69, 9.17) is 16.7 Å². The van der Waals surface area contributed by atoms with Crippen molar-refractivity contribution in [2.45, 2.75) is 6.92 Å². The van der Waals surface area contributed by atoms with Crippen molar-refractivity contribution in [2.24, 2.45) is 0 Å². The molecule has 0 saturated heterocycles. The molecule has 106 valence electrons. The molecule has 0 aliphatic rings. The topological polar surface area (TPSA) is 76.6 Å². The minimum absolute atomic E-state index is 0.191. The first-order chi connectivity index (χ1) is 9.99. The number of aryl methyl sites for hydroxylation is 1. The van der Waals surface area contributed by atoms with Crippen LogP contribution < -0.4 is 5.56 Å². The highest BCUT2D eigenvalue weighted by Crippen LogP contribution is 2.16. The van der Waals surface area contributed by atoms with Crippen LogP contribution in [0, 0.1) is 6.92 Å². The molecule has 0 aliphatic carbocycles. The highest BCUT2D eigenvalue weighted by atomic mass is 35.5. The number of carboxylic acids is 1. The van der Waals surface area contributed by atoms with E-state index in [9.17, 15) is 9.59 Å². The van der Waals surface area contributed by atoms with E-state index in [1.165, 1.54) is 16.1 Å². The molecular formula is C14H10ClN3O3. The number of fused-ring (bicyclic) bond motifs is 1. The first kappa shape index (κ1) is 13.4. The minimum Gasteiger partial charge on any atom is -0.477 e. The Morgan fingerprint density at radius 3 is 2.76 bits per heavy atom. The van der Waals surface area contributed by atoms with E-state index >= 15 is 0 Å². The molecule has 1 N–H and O–H groups in total. The van der Waals surface area contributed by atoms with E-state index in [1.807, 2.05) is 0 Å². The van der Waals surface area contributed by atoms with Crippen molar-refractivity contribution in [3.05, 3.63) is 63.2 Å². The van der Waals surface area contributed by atoms with Gasteiger partial charge in [-0.05, 0) is 25.1 Å². The second kappa shape index (κ2) is 4.75. The van der Waals surface area contributed by atoms with Crippen LogP contribution in [0.4, 0.5) is 0 Å². The molecule has 7 heteroatoms. The van der Waals surface area contributed by atoms with Gasteiger partial charge in [-0.2, -0.15) is 4.52 Å². The first-order valence-corrected chi connectivity index (χ1v) is 6.47. The van der Waals surface area contributed by atoms with Gasteiger partial charge < -0.3 is 5.11 Å². The lowest BCUT2D eigenvalue weighted by atomic mass is 10.2. The Labute approximate surface area is 123 Å². The lowest BCUT2D eigenvalue weighted by Gasteiger charge is -2.08. The number of halogens is 1. The van der Waals surface area contributed by atoms with Gasteiger partial charge in [0.1, 0.15) is 5.56 Å². The number of nitrogens with zero attached hydrogens (tertiary/aromatic N) is 3. The Kier molecular flexibility index (Phi) is 3.03.